The number of imidazole rings is 1. The highest BCUT2D eigenvalue weighted by Gasteiger charge is 2.03. The maximum Gasteiger partial charge on any atom is 0.0925 e. The van der Waals surface area contributed by atoms with Crippen LogP contribution in [0.3, 0.4) is 0 Å². The van der Waals surface area contributed by atoms with E-state index in [0.717, 1.165) is 30.9 Å². The summed E-state index contributed by atoms with van der Waals surface area (Å²) in [5.41, 5.74) is 4.81. The zero-order valence-electron chi connectivity index (χ0n) is 11.0. The van der Waals surface area contributed by atoms with Crippen LogP contribution in [0.1, 0.15) is 17.0 Å². The highest BCUT2D eigenvalue weighted by molar-refractivity contribution is 5.83. The van der Waals surface area contributed by atoms with E-state index in [9.17, 15) is 0 Å². The van der Waals surface area contributed by atoms with Gasteiger partial charge in [-0.3, -0.25) is 0 Å². The molecule has 2 aromatic heterocycles. The number of nitrogens with one attached hydrogen (secondary N) is 3. The van der Waals surface area contributed by atoms with Crippen LogP contribution in [-0.2, 0) is 13.0 Å². The van der Waals surface area contributed by atoms with Crippen molar-refractivity contribution in [2.75, 3.05) is 6.54 Å². The first kappa shape index (κ1) is 12.0. The highest BCUT2D eigenvalue weighted by atomic mass is 14.9. The number of benzene rings is 1. The monoisotopic (exact) mass is 254 g/mol. The largest absolute Gasteiger partial charge is 0.361 e. The van der Waals surface area contributed by atoms with E-state index in [-0.39, 0.29) is 0 Å². The molecule has 0 unspecified atom stereocenters. The van der Waals surface area contributed by atoms with Crippen LogP contribution in [0.15, 0.2) is 36.8 Å². The summed E-state index contributed by atoms with van der Waals surface area (Å²) in [6.45, 7) is 3.81. The molecule has 0 spiro atoms. The zero-order chi connectivity index (χ0) is 13.1. The van der Waals surface area contributed by atoms with Crippen LogP contribution in [0.5, 0.6) is 0 Å². The molecule has 98 valence electrons. The zero-order valence-corrected chi connectivity index (χ0v) is 11.0. The summed E-state index contributed by atoms with van der Waals surface area (Å²) in [5, 5.41) is 4.75. The molecule has 0 aliphatic carbocycles. The second kappa shape index (κ2) is 5.28. The predicted molar refractivity (Wildman–Crippen MR) is 77.0 cm³/mol. The Hall–Kier alpha value is -2.07. The van der Waals surface area contributed by atoms with Gasteiger partial charge in [-0.05, 0) is 31.5 Å². The topological polar surface area (TPSA) is 56.5 Å². The molecule has 0 saturated heterocycles. The molecular weight excluding hydrogens is 236 g/mol. The molecule has 0 aliphatic rings. The predicted octanol–water partition coefficient (Wildman–Crippen LogP) is 2.53. The van der Waals surface area contributed by atoms with Gasteiger partial charge in [0.2, 0.25) is 0 Å². The number of H-pyrrole nitrogens is 2. The first-order chi connectivity index (χ1) is 9.34. The van der Waals surface area contributed by atoms with Gasteiger partial charge < -0.3 is 15.3 Å². The molecule has 3 N–H and O–H groups in total. The maximum absolute atomic E-state index is 4.28. The van der Waals surface area contributed by atoms with Gasteiger partial charge in [0.25, 0.3) is 0 Å². The molecule has 4 nitrogen and oxygen atoms in total. The van der Waals surface area contributed by atoms with E-state index in [4.69, 9.17) is 0 Å². The first-order valence-electron chi connectivity index (χ1n) is 6.59. The molecule has 0 aliphatic heterocycles. The lowest BCUT2D eigenvalue weighted by atomic mass is 10.1. The number of fused-ring (bicyclic) bond motifs is 1. The molecular formula is C15H18N4. The number of aryl methyl sites for hydroxylation is 1. The van der Waals surface area contributed by atoms with Crippen LogP contribution in [0.25, 0.3) is 10.9 Å². The Bertz CT molecular complexity index is 665. The van der Waals surface area contributed by atoms with Crippen molar-refractivity contribution in [1.29, 1.82) is 0 Å². The number of aromatic nitrogens is 3. The maximum atomic E-state index is 4.28. The Labute approximate surface area is 112 Å². The number of hydrogen-bond acceptors (Lipinski definition) is 2. The van der Waals surface area contributed by atoms with Gasteiger partial charge in [0.15, 0.2) is 0 Å². The van der Waals surface area contributed by atoms with E-state index in [1.54, 1.807) is 6.33 Å². The molecule has 4 heteroatoms. The smallest absolute Gasteiger partial charge is 0.0925 e. The molecule has 19 heavy (non-hydrogen) atoms. The first-order valence-corrected chi connectivity index (χ1v) is 6.59. The summed E-state index contributed by atoms with van der Waals surface area (Å²) in [7, 11) is 0. The lowest BCUT2D eigenvalue weighted by Crippen LogP contribution is -2.17. The van der Waals surface area contributed by atoms with Crippen molar-refractivity contribution in [3.63, 3.8) is 0 Å². The van der Waals surface area contributed by atoms with Crippen molar-refractivity contribution in [2.45, 2.75) is 19.9 Å². The third-order valence-electron chi connectivity index (χ3n) is 3.47. The molecule has 0 fully saturated rings. The molecule has 2 heterocycles. The van der Waals surface area contributed by atoms with E-state index in [2.05, 4.69) is 50.7 Å². The van der Waals surface area contributed by atoms with Crippen LogP contribution in [0.2, 0.25) is 0 Å². The van der Waals surface area contributed by atoms with Crippen LogP contribution in [0.4, 0.5) is 0 Å². The lowest BCUT2D eigenvalue weighted by Gasteiger charge is -2.03. The van der Waals surface area contributed by atoms with Crippen molar-refractivity contribution in [3.8, 4) is 0 Å². The number of aromatic amines is 2. The summed E-state index contributed by atoms with van der Waals surface area (Å²) in [4.78, 5) is 10.7. The molecule has 1 aromatic carbocycles. The van der Waals surface area contributed by atoms with Gasteiger partial charge in [0.1, 0.15) is 0 Å². The van der Waals surface area contributed by atoms with E-state index >= 15 is 0 Å². The number of para-hydroxylation sites is 1. The molecule has 0 saturated carbocycles. The minimum absolute atomic E-state index is 0.817. The van der Waals surface area contributed by atoms with Crippen molar-refractivity contribution in [3.05, 3.63) is 53.7 Å². The van der Waals surface area contributed by atoms with Gasteiger partial charge in [-0.1, -0.05) is 18.2 Å². The average molecular weight is 254 g/mol. The number of nitrogens with zero attached hydrogens (tertiary/aromatic N) is 1. The Balaban J connectivity index is 1.57. The molecule has 3 rings (SSSR count). The number of hydrogen-bond donors (Lipinski definition) is 3. The van der Waals surface area contributed by atoms with Gasteiger partial charge in [-0.15, -0.1) is 0 Å². The minimum Gasteiger partial charge on any atom is -0.361 e. The van der Waals surface area contributed by atoms with Crippen molar-refractivity contribution >= 4 is 10.9 Å². The van der Waals surface area contributed by atoms with Crippen molar-refractivity contribution in [1.82, 2.24) is 20.3 Å². The molecule has 0 atom stereocenters. The summed E-state index contributed by atoms with van der Waals surface area (Å²) >= 11 is 0. The fourth-order valence-corrected chi connectivity index (χ4v) is 2.33. The molecule has 3 aromatic rings. The van der Waals surface area contributed by atoms with Gasteiger partial charge in [-0.2, -0.15) is 0 Å². The second-order valence-corrected chi connectivity index (χ2v) is 4.76. The standard InChI is InChI=1S/C15H18N4/c1-11-15(19-10-18-11)9-16-7-6-12-8-17-14-5-3-2-4-13(12)14/h2-5,8,10,16-17H,6-7,9H2,1H3,(H,18,19). The third kappa shape index (κ3) is 2.53. The van der Waals surface area contributed by atoms with Crippen LogP contribution < -0.4 is 5.32 Å². The summed E-state index contributed by atoms with van der Waals surface area (Å²) < 4.78 is 0. The van der Waals surface area contributed by atoms with Crippen molar-refractivity contribution < 1.29 is 0 Å². The fourth-order valence-electron chi connectivity index (χ4n) is 2.33. The van der Waals surface area contributed by atoms with Crippen LogP contribution in [0, 0.1) is 6.92 Å². The SMILES string of the molecule is Cc1[nH]cnc1CNCCc1c[nH]c2ccccc12. The highest BCUT2D eigenvalue weighted by Crippen LogP contribution is 2.17. The average Bonchev–Trinajstić information content (AvgIpc) is 3.02. The summed E-state index contributed by atoms with van der Waals surface area (Å²) in [6.07, 6.45) is 4.87. The Morgan fingerprint density at radius 3 is 2.95 bits per heavy atom. The third-order valence-corrected chi connectivity index (χ3v) is 3.47. The van der Waals surface area contributed by atoms with E-state index in [0.29, 0.717) is 0 Å². The molecule has 0 radical (unpaired) electrons. The van der Waals surface area contributed by atoms with E-state index in [1.165, 1.54) is 16.5 Å². The summed E-state index contributed by atoms with van der Waals surface area (Å²) in [5.74, 6) is 0. The van der Waals surface area contributed by atoms with Gasteiger partial charge in [0, 0.05) is 29.3 Å². The summed E-state index contributed by atoms with van der Waals surface area (Å²) in [6, 6.07) is 8.42. The second-order valence-electron chi connectivity index (χ2n) is 4.76. The van der Waals surface area contributed by atoms with Crippen LogP contribution in [-0.4, -0.2) is 21.5 Å². The lowest BCUT2D eigenvalue weighted by molar-refractivity contribution is 0.676. The minimum atomic E-state index is 0.817. The molecule has 0 amide bonds. The van der Waals surface area contributed by atoms with Gasteiger partial charge in [0.05, 0.1) is 12.0 Å². The Morgan fingerprint density at radius 2 is 2.11 bits per heavy atom. The van der Waals surface area contributed by atoms with E-state index in [1.807, 2.05) is 6.92 Å². The fraction of sp³-hybridized carbons (Fsp3) is 0.267. The number of rotatable bonds is 5. The Kier molecular flexibility index (Phi) is 3.33. The van der Waals surface area contributed by atoms with Gasteiger partial charge in [-0.25, -0.2) is 4.98 Å². The molecule has 0 bridgehead atoms. The normalized spacial score (nSPS) is 11.2. The quantitative estimate of drug-likeness (QED) is 0.613. The van der Waals surface area contributed by atoms with E-state index < -0.39 is 0 Å². The van der Waals surface area contributed by atoms with Gasteiger partial charge >= 0.3 is 0 Å². The van der Waals surface area contributed by atoms with Crippen LogP contribution >= 0.6 is 0 Å². The Morgan fingerprint density at radius 1 is 1.21 bits per heavy atom. The van der Waals surface area contributed by atoms with Crippen molar-refractivity contribution in [2.24, 2.45) is 0 Å².